The Hall–Kier alpha value is -2.92. The number of benzene rings is 1. The number of hydrogen-bond donors (Lipinski definition) is 3. The highest BCUT2D eigenvalue weighted by atomic mass is 32.2. The molecular formula is C19H26N6O4S. The van der Waals surface area contributed by atoms with Gasteiger partial charge in [-0.05, 0) is 50.1 Å². The molecule has 1 fully saturated rings. The number of carbonyl (C=O) groups is 1. The molecule has 3 N–H and O–H groups in total. The van der Waals surface area contributed by atoms with Gasteiger partial charge in [-0.2, -0.15) is 0 Å². The quantitative estimate of drug-likeness (QED) is 0.603. The molecule has 162 valence electrons. The monoisotopic (exact) mass is 434 g/mol. The average molecular weight is 435 g/mol. The van der Waals surface area contributed by atoms with Gasteiger partial charge in [-0.1, -0.05) is 0 Å². The number of carboxylic acid groups (broad SMARTS) is 1. The van der Waals surface area contributed by atoms with Crippen LogP contribution < -0.4 is 14.9 Å². The third-order valence-electron chi connectivity index (χ3n) is 5.17. The molecule has 2 aromatic rings. The summed E-state index contributed by atoms with van der Waals surface area (Å²) in [6.07, 6.45) is 2.27. The summed E-state index contributed by atoms with van der Waals surface area (Å²) in [6.45, 7) is 1.90. The number of nitrogens with one attached hydrogen (secondary N) is 2. The van der Waals surface area contributed by atoms with Crippen molar-refractivity contribution in [3.63, 3.8) is 0 Å². The van der Waals surface area contributed by atoms with Crippen LogP contribution in [0.15, 0.2) is 41.6 Å². The fourth-order valence-corrected chi connectivity index (χ4v) is 4.13. The number of nitrogens with zero attached hydrogens (tertiary/aromatic N) is 4. The highest BCUT2D eigenvalue weighted by Gasteiger charge is 2.23. The van der Waals surface area contributed by atoms with Crippen molar-refractivity contribution in [2.75, 3.05) is 43.9 Å². The lowest BCUT2D eigenvalue weighted by Gasteiger charge is -2.32. The summed E-state index contributed by atoms with van der Waals surface area (Å²) in [6, 6.07) is 8.21. The molecule has 0 atom stereocenters. The van der Waals surface area contributed by atoms with Gasteiger partial charge in [-0.3, -0.25) is 0 Å². The fraction of sp³-hybridized carbons (Fsp3) is 0.421. The molecule has 1 amide bonds. The lowest BCUT2D eigenvalue weighted by atomic mass is 9.96. The Kier molecular flexibility index (Phi) is 6.73. The van der Waals surface area contributed by atoms with Crippen molar-refractivity contribution in [1.29, 1.82) is 0 Å². The van der Waals surface area contributed by atoms with Crippen molar-refractivity contribution < 1.29 is 18.3 Å². The van der Waals surface area contributed by atoms with E-state index in [0.29, 0.717) is 30.5 Å². The molecular weight excluding hydrogens is 408 g/mol. The van der Waals surface area contributed by atoms with E-state index < -0.39 is 16.1 Å². The molecule has 1 aromatic heterocycles. The minimum absolute atomic E-state index is 0.188. The van der Waals surface area contributed by atoms with E-state index >= 15 is 0 Å². The third kappa shape index (κ3) is 5.36. The lowest BCUT2D eigenvalue weighted by Crippen LogP contribution is -2.40. The van der Waals surface area contributed by atoms with E-state index in [9.17, 15) is 13.2 Å². The number of hydrogen-bond acceptors (Lipinski definition) is 7. The molecule has 3 rings (SSSR count). The van der Waals surface area contributed by atoms with Crippen molar-refractivity contribution in [2.24, 2.45) is 5.92 Å². The highest BCUT2D eigenvalue weighted by Crippen LogP contribution is 2.23. The maximum Gasteiger partial charge on any atom is 0.407 e. The van der Waals surface area contributed by atoms with E-state index in [1.54, 1.807) is 12.1 Å². The van der Waals surface area contributed by atoms with Gasteiger partial charge < -0.3 is 20.2 Å². The van der Waals surface area contributed by atoms with E-state index in [4.69, 9.17) is 5.11 Å². The molecule has 30 heavy (non-hydrogen) atoms. The van der Waals surface area contributed by atoms with Crippen molar-refractivity contribution in [3.8, 4) is 0 Å². The molecule has 0 spiro atoms. The van der Waals surface area contributed by atoms with E-state index in [1.807, 2.05) is 18.0 Å². The van der Waals surface area contributed by atoms with Gasteiger partial charge in [0.25, 0.3) is 0 Å². The molecule has 0 unspecified atom stereocenters. The molecule has 1 aliphatic heterocycles. The zero-order valence-electron chi connectivity index (χ0n) is 16.9. The molecule has 1 aliphatic rings. The number of likely N-dealkylation sites (tertiary alicyclic amines) is 1. The van der Waals surface area contributed by atoms with Crippen LogP contribution in [-0.2, 0) is 10.0 Å². The zero-order chi connectivity index (χ0) is 21.7. The maximum atomic E-state index is 11.8. The predicted octanol–water partition coefficient (Wildman–Crippen LogP) is 1.95. The van der Waals surface area contributed by atoms with Crippen molar-refractivity contribution in [3.05, 3.63) is 36.7 Å². The van der Waals surface area contributed by atoms with Gasteiger partial charge in [-0.15, -0.1) is 0 Å². The first kappa shape index (κ1) is 21.8. The Labute approximate surface area is 176 Å². The third-order valence-corrected chi connectivity index (χ3v) is 6.60. The predicted molar refractivity (Wildman–Crippen MR) is 114 cm³/mol. The smallest absolute Gasteiger partial charge is 0.407 e. The van der Waals surface area contributed by atoms with E-state index in [1.165, 1.54) is 30.4 Å². The van der Waals surface area contributed by atoms with Crippen LogP contribution in [0.25, 0.3) is 0 Å². The minimum Gasteiger partial charge on any atom is -0.465 e. The average Bonchev–Trinajstić information content (AvgIpc) is 2.74. The van der Waals surface area contributed by atoms with Gasteiger partial charge in [0.15, 0.2) is 0 Å². The van der Waals surface area contributed by atoms with Crippen LogP contribution in [-0.4, -0.2) is 68.2 Å². The van der Waals surface area contributed by atoms with Gasteiger partial charge in [0.05, 0.1) is 4.90 Å². The van der Waals surface area contributed by atoms with Crippen LogP contribution in [0.4, 0.5) is 22.1 Å². The number of piperidine rings is 1. The standard InChI is InChI=1S/C19H26N6O4S/c1-20-30(28,29)16-5-3-15(4-6-16)23-17-11-18(22-13-21-17)24(2)12-14-7-9-25(10-8-14)19(26)27/h3-6,11,13-14,20H,7-10,12H2,1-2H3,(H,26,27)(H,21,22,23). The molecule has 0 aliphatic carbocycles. The number of rotatable bonds is 7. The van der Waals surface area contributed by atoms with E-state index in [0.717, 1.165) is 25.2 Å². The number of amides is 1. The molecule has 10 nitrogen and oxygen atoms in total. The first-order valence-corrected chi connectivity index (χ1v) is 11.1. The summed E-state index contributed by atoms with van der Waals surface area (Å²) in [4.78, 5) is 23.3. The van der Waals surface area contributed by atoms with Crippen molar-refractivity contribution in [2.45, 2.75) is 17.7 Å². The van der Waals surface area contributed by atoms with Crippen LogP contribution in [0.2, 0.25) is 0 Å². The molecule has 11 heteroatoms. The second-order valence-electron chi connectivity index (χ2n) is 7.21. The van der Waals surface area contributed by atoms with Crippen LogP contribution in [0, 0.1) is 5.92 Å². The Morgan fingerprint density at radius 3 is 2.50 bits per heavy atom. The summed E-state index contributed by atoms with van der Waals surface area (Å²) in [5.74, 6) is 1.75. The normalized spacial score (nSPS) is 15.1. The van der Waals surface area contributed by atoms with Crippen LogP contribution in [0.3, 0.4) is 0 Å². The summed E-state index contributed by atoms with van der Waals surface area (Å²) in [5.41, 5.74) is 0.707. The van der Waals surface area contributed by atoms with E-state index in [2.05, 4.69) is 20.0 Å². The number of aromatic nitrogens is 2. The SMILES string of the molecule is CNS(=O)(=O)c1ccc(Nc2cc(N(C)CC3CCN(C(=O)O)CC3)ncn2)cc1. The zero-order valence-corrected chi connectivity index (χ0v) is 17.8. The topological polar surface area (TPSA) is 128 Å². The van der Waals surface area contributed by atoms with Crippen LogP contribution in [0.5, 0.6) is 0 Å². The van der Waals surface area contributed by atoms with E-state index in [-0.39, 0.29) is 4.90 Å². The molecule has 1 aromatic carbocycles. The van der Waals surface area contributed by atoms with Crippen molar-refractivity contribution in [1.82, 2.24) is 19.6 Å². The maximum absolute atomic E-state index is 11.8. The van der Waals surface area contributed by atoms with Gasteiger partial charge in [0.2, 0.25) is 10.0 Å². The molecule has 0 bridgehead atoms. The fourth-order valence-electron chi connectivity index (χ4n) is 3.39. The highest BCUT2D eigenvalue weighted by molar-refractivity contribution is 7.89. The Bertz CT molecular complexity index is 975. The van der Waals surface area contributed by atoms with Crippen LogP contribution in [0.1, 0.15) is 12.8 Å². The number of sulfonamides is 1. The first-order chi connectivity index (χ1) is 14.3. The van der Waals surface area contributed by atoms with Crippen LogP contribution >= 0.6 is 0 Å². The van der Waals surface area contributed by atoms with Gasteiger partial charge in [0.1, 0.15) is 18.0 Å². The van der Waals surface area contributed by atoms with Gasteiger partial charge in [0, 0.05) is 38.4 Å². The molecule has 1 saturated heterocycles. The second kappa shape index (κ2) is 9.26. The summed E-state index contributed by atoms with van der Waals surface area (Å²) in [7, 11) is -0.151. The molecule has 0 saturated carbocycles. The molecule has 0 radical (unpaired) electrons. The summed E-state index contributed by atoms with van der Waals surface area (Å²) in [5, 5.41) is 12.2. The second-order valence-corrected chi connectivity index (χ2v) is 9.10. The summed E-state index contributed by atoms with van der Waals surface area (Å²) < 4.78 is 25.9. The summed E-state index contributed by atoms with van der Waals surface area (Å²) >= 11 is 0. The number of anilines is 3. The minimum atomic E-state index is -3.47. The van der Waals surface area contributed by atoms with Gasteiger partial charge in [-0.25, -0.2) is 27.9 Å². The molecule has 2 heterocycles. The first-order valence-electron chi connectivity index (χ1n) is 9.60. The largest absolute Gasteiger partial charge is 0.465 e. The Morgan fingerprint density at radius 1 is 1.23 bits per heavy atom. The van der Waals surface area contributed by atoms with Gasteiger partial charge >= 0.3 is 6.09 Å². The lowest BCUT2D eigenvalue weighted by molar-refractivity contribution is 0.125. The Balaban J connectivity index is 1.61. The Morgan fingerprint density at radius 2 is 1.90 bits per heavy atom. The van der Waals surface area contributed by atoms with Crippen molar-refractivity contribution >= 4 is 33.4 Å².